The van der Waals surface area contributed by atoms with E-state index in [1.165, 1.54) is 12.1 Å². The molecule has 1 amide bonds. The monoisotopic (exact) mass is 419 g/mol. The number of carbonyl (C=O) groups excluding carboxylic acids is 1. The van der Waals surface area contributed by atoms with Crippen LogP contribution in [0.5, 0.6) is 5.75 Å². The van der Waals surface area contributed by atoms with Gasteiger partial charge < -0.3 is 15.0 Å². The summed E-state index contributed by atoms with van der Waals surface area (Å²) >= 11 is 0. The van der Waals surface area contributed by atoms with Crippen molar-refractivity contribution < 1.29 is 17.9 Å². The average molecular weight is 420 g/mol. The van der Waals surface area contributed by atoms with E-state index < -0.39 is 10.0 Å². The smallest absolute Gasteiger partial charge is 0.238 e. The van der Waals surface area contributed by atoms with Gasteiger partial charge in [0.25, 0.3) is 0 Å². The molecule has 0 saturated carbocycles. The number of carbonyl (C=O) groups is 1. The SMILES string of the molecule is Cc1cccc(OCCN(C)CCC(=O)NCCc2ccc(S(N)(=O)=O)cc2)c1. The van der Waals surface area contributed by atoms with Crippen LogP contribution < -0.4 is 15.2 Å². The molecule has 0 spiro atoms. The molecule has 7 nitrogen and oxygen atoms in total. The van der Waals surface area contributed by atoms with Crippen LogP contribution >= 0.6 is 0 Å². The molecule has 3 N–H and O–H groups in total. The second-order valence-electron chi connectivity index (χ2n) is 7.01. The van der Waals surface area contributed by atoms with Gasteiger partial charge >= 0.3 is 0 Å². The third kappa shape index (κ3) is 8.64. The van der Waals surface area contributed by atoms with E-state index in [9.17, 15) is 13.2 Å². The first-order valence-electron chi connectivity index (χ1n) is 9.50. The molecule has 0 aliphatic carbocycles. The first-order valence-corrected chi connectivity index (χ1v) is 11.0. The van der Waals surface area contributed by atoms with Gasteiger partial charge in [0.05, 0.1) is 4.90 Å². The number of benzene rings is 2. The number of sulfonamides is 1. The number of nitrogens with zero attached hydrogens (tertiary/aromatic N) is 1. The Bertz CT molecular complexity index is 898. The van der Waals surface area contributed by atoms with Gasteiger partial charge in [0.15, 0.2) is 0 Å². The molecule has 0 heterocycles. The maximum Gasteiger partial charge on any atom is 0.238 e. The molecule has 0 aliphatic heterocycles. The summed E-state index contributed by atoms with van der Waals surface area (Å²) in [7, 11) is -1.72. The van der Waals surface area contributed by atoms with Crippen molar-refractivity contribution in [1.29, 1.82) is 0 Å². The fourth-order valence-electron chi connectivity index (χ4n) is 2.71. The van der Waals surface area contributed by atoms with E-state index in [1.54, 1.807) is 12.1 Å². The third-order valence-electron chi connectivity index (χ3n) is 4.44. The lowest BCUT2D eigenvalue weighted by Gasteiger charge is -2.17. The van der Waals surface area contributed by atoms with E-state index in [0.29, 0.717) is 32.5 Å². The van der Waals surface area contributed by atoms with Crippen LogP contribution in [0.4, 0.5) is 0 Å². The Morgan fingerprint density at radius 2 is 1.86 bits per heavy atom. The number of likely N-dealkylation sites (N-methyl/N-ethyl adjacent to an activating group) is 1. The van der Waals surface area contributed by atoms with Gasteiger partial charge in [-0.25, -0.2) is 13.6 Å². The molecule has 0 radical (unpaired) electrons. The highest BCUT2D eigenvalue weighted by Crippen LogP contribution is 2.12. The van der Waals surface area contributed by atoms with Gasteiger partial charge in [-0.3, -0.25) is 4.79 Å². The second kappa shape index (κ2) is 10.9. The van der Waals surface area contributed by atoms with Crippen LogP contribution in [0.25, 0.3) is 0 Å². The summed E-state index contributed by atoms with van der Waals surface area (Å²) in [5.41, 5.74) is 2.09. The number of nitrogens with one attached hydrogen (secondary N) is 1. The van der Waals surface area contributed by atoms with E-state index in [0.717, 1.165) is 23.4 Å². The van der Waals surface area contributed by atoms with Gasteiger partial charge in [-0.1, -0.05) is 24.3 Å². The standard InChI is InChI=1S/C21H29N3O4S/c1-17-4-3-5-19(16-17)28-15-14-24(2)13-11-21(25)23-12-10-18-6-8-20(9-7-18)29(22,26)27/h3-9,16H,10-15H2,1-2H3,(H,23,25)(H2,22,26,27). The van der Waals surface area contributed by atoms with Crippen molar-refractivity contribution in [3.63, 3.8) is 0 Å². The molecule has 8 heteroatoms. The molecule has 0 unspecified atom stereocenters. The zero-order valence-corrected chi connectivity index (χ0v) is 17.7. The van der Waals surface area contributed by atoms with Crippen molar-refractivity contribution in [2.75, 3.05) is 33.3 Å². The first-order chi connectivity index (χ1) is 13.7. The Morgan fingerprint density at radius 1 is 1.14 bits per heavy atom. The van der Waals surface area contributed by atoms with Gasteiger partial charge in [-0.05, 0) is 55.8 Å². The summed E-state index contributed by atoms with van der Waals surface area (Å²) in [4.78, 5) is 14.1. The number of rotatable bonds is 11. The van der Waals surface area contributed by atoms with Gasteiger partial charge in [0, 0.05) is 26.1 Å². The quantitative estimate of drug-likeness (QED) is 0.577. The fourth-order valence-corrected chi connectivity index (χ4v) is 3.22. The zero-order valence-electron chi connectivity index (χ0n) is 16.9. The summed E-state index contributed by atoms with van der Waals surface area (Å²) in [6, 6.07) is 14.3. The number of ether oxygens (including phenoxy) is 1. The normalized spacial score (nSPS) is 11.4. The van der Waals surface area contributed by atoms with Crippen LogP contribution in [0.15, 0.2) is 53.4 Å². The van der Waals surface area contributed by atoms with Crippen LogP contribution in [0.2, 0.25) is 0 Å². The molecule has 0 bridgehead atoms. The van der Waals surface area contributed by atoms with Crippen molar-refractivity contribution in [2.24, 2.45) is 5.14 Å². The minimum Gasteiger partial charge on any atom is -0.492 e. The van der Waals surface area contributed by atoms with Crippen molar-refractivity contribution in [3.8, 4) is 5.75 Å². The topological polar surface area (TPSA) is 102 Å². The Kier molecular flexibility index (Phi) is 8.63. The largest absolute Gasteiger partial charge is 0.492 e. The number of primary sulfonamides is 1. The van der Waals surface area contributed by atoms with Crippen LogP contribution in [-0.2, 0) is 21.2 Å². The fraction of sp³-hybridized carbons (Fsp3) is 0.381. The van der Waals surface area contributed by atoms with E-state index in [2.05, 4.69) is 10.2 Å². The van der Waals surface area contributed by atoms with E-state index >= 15 is 0 Å². The van der Waals surface area contributed by atoms with Gasteiger partial charge in [-0.2, -0.15) is 0 Å². The minimum atomic E-state index is -3.68. The number of amides is 1. The first kappa shape index (κ1) is 22.9. The van der Waals surface area contributed by atoms with Crippen molar-refractivity contribution in [2.45, 2.75) is 24.7 Å². The molecule has 2 rings (SSSR count). The van der Waals surface area contributed by atoms with Gasteiger partial charge in [0.2, 0.25) is 15.9 Å². The average Bonchev–Trinajstić information content (AvgIpc) is 2.66. The molecular weight excluding hydrogens is 390 g/mol. The molecule has 2 aromatic carbocycles. The molecule has 0 aromatic heterocycles. The minimum absolute atomic E-state index is 0.0161. The van der Waals surface area contributed by atoms with Gasteiger partial charge in [-0.15, -0.1) is 0 Å². The number of hydrogen-bond acceptors (Lipinski definition) is 5. The summed E-state index contributed by atoms with van der Waals surface area (Å²) in [6.07, 6.45) is 1.03. The maximum absolute atomic E-state index is 12.0. The van der Waals surface area contributed by atoms with Crippen molar-refractivity contribution in [3.05, 3.63) is 59.7 Å². The number of nitrogens with two attached hydrogens (primary N) is 1. The van der Waals surface area contributed by atoms with Crippen LogP contribution in [0.1, 0.15) is 17.5 Å². The maximum atomic E-state index is 12.0. The predicted octanol–water partition coefficient (Wildman–Crippen LogP) is 1.70. The highest BCUT2D eigenvalue weighted by Gasteiger charge is 2.08. The van der Waals surface area contributed by atoms with Crippen LogP contribution in [-0.4, -0.2) is 52.5 Å². The zero-order chi connectivity index (χ0) is 21.3. The molecule has 0 saturated heterocycles. The highest BCUT2D eigenvalue weighted by atomic mass is 32.2. The van der Waals surface area contributed by atoms with E-state index in [1.807, 2.05) is 38.2 Å². The predicted molar refractivity (Wildman–Crippen MR) is 113 cm³/mol. The summed E-state index contributed by atoms with van der Waals surface area (Å²) in [6.45, 7) is 4.46. The molecule has 0 fully saturated rings. The molecule has 29 heavy (non-hydrogen) atoms. The summed E-state index contributed by atoms with van der Waals surface area (Å²) in [5, 5.41) is 7.95. The lowest BCUT2D eigenvalue weighted by Crippen LogP contribution is -2.31. The number of hydrogen-bond donors (Lipinski definition) is 2. The molecule has 0 atom stereocenters. The Labute approximate surface area is 172 Å². The van der Waals surface area contributed by atoms with Crippen molar-refractivity contribution >= 4 is 15.9 Å². The summed E-state index contributed by atoms with van der Waals surface area (Å²) in [5.74, 6) is 0.839. The molecular formula is C21H29N3O4S. The molecule has 0 aliphatic rings. The molecule has 158 valence electrons. The van der Waals surface area contributed by atoms with Crippen molar-refractivity contribution in [1.82, 2.24) is 10.2 Å². The Hall–Kier alpha value is -2.42. The summed E-state index contributed by atoms with van der Waals surface area (Å²) < 4.78 is 28.2. The second-order valence-corrected chi connectivity index (χ2v) is 8.57. The van der Waals surface area contributed by atoms with Gasteiger partial charge in [0.1, 0.15) is 12.4 Å². The van der Waals surface area contributed by atoms with E-state index in [4.69, 9.17) is 9.88 Å². The van der Waals surface area contributed by atoms with Crippen LogP contribution in [0.3, 0.4) is 0 Å². The lowest BCUT2D eigenvalue weighted by atomic mass is 10.1. The highest BCUT2D eigenvalue weighted by molar-refractivity contribution is 7.89. The third-order valence-corrected chi connectivity index (χ3v) is 5.37. The number of aryl methyl sites for hydroxylation is 1. The molecule has 2 aromatic rings. The Morgan fingerprint density at radius 3 is 2.52 bits per heavy atom. The van der Waals surface area contributed by atoms with E-state index in [-0.39, 0.29) is 10.8 Å². The lowest BCUT2D eigenvalue weighted by molar-refractivity contribution is -0.121. The van der Waals surface area contributed by atoms with Crippen LogP contribution in [0, 0.1) is 6.92 Å². The Balaban J connectivity index is 1.60.